The lowest BCUT2D eigenvalue weighted by molar-refractivity contribution is -0.0141. The minimum Gasteiger partial charge on any atom is -0.490 e. The van der Waals surface area contributed by atoms with Crippen LogP contribution in [0.15, 0.2) is 36.9 Å². The van der Waals surface area contributed by atoms with Gasteiger partial charge in [-0.3, -0.25) is 9.97 Å². The fourth-order valence-electron chi connectivity index (χ4n) is 5.77. The van der Waals surface area contributed by atoms with Crippen molar-refractivity contribution in [3.05, 3.63) is 48.0 Å². The van der Waals surface area contributed by atoms with E-state index in [1.54, 1.807) is 17.3 Å². The molecular formula is C34H52N4O6. The van der Waals surface area contributed by atoms with Crippen LogP contribution < -0.4 is 14.8 Å². The first-order chi connectivity index (χ1) is 20.7. The normalized spacial score (nSPS) is 26.5. The second kappa shape index (κ2) is 15.4. The molecule has 0 aromatic carbocycles. The third kappa shape index (κ3) is 9.52. The monoisotopic (exact) mass is 612 g/mol. The number of likely N-dealkylation sites (tertiary alicyclic amines) is 1. The van der Waals surface area contributed by atoms with Crippen LogP contribution in [0.2, 0.25) is 0 Å². The van der Waals surface area contributed by atoms with Gasteiger partial charge in [-0.1, -0.05) is 7.43 Å². The number of aliphatic hydroxyl groups excluding tert-OH is 2. The fraction of sp³-hybridized carbons (Fsp3) is 0.676. The molecule has 10 heteroatoms. The summed E-state index contributed by atoms with van der Waals surface area (Å²) in [5, 5.41) is 21.3. The van der Waals surface area contributed by atoms with E-state index in [9.17, 15) is 4.79 Å². The minimum atomic E-state index is -0.480. The Morgan fingerprint density at radius 1 is 0.909 bits per heavy atom. The lowest BCUT2D eigenvalue weighted by atomic mass is 10.1. The van der Waals surface area contributed by atoms with Gasteiger partial charge in [0, 0.05) is 38.2 Å². The van der Waals surface area contributed by atoms with Gasteiger partial charge in [0.2, 0.25) is 0 Å². The number of hydrogen-bond acceptors (Lipinski definition) is 9. The molecule has 0 radical (unpaired) electrons. The molecule has 2 aromatic rings. The van der Waals surface area contributed by atoms with Gasteiger partial charge in [-0.2, -0.15) is 0 Å². The van der Waals surface area contributed by atoms with E-state index in [1.165, 1.54) is 24.0 Å². The molecule has 6 atom stereocenters. The summed E-state index contributed by atoms with van der Waals surface area (Å²) in [5.74, 6) is 3.89. The van der Waals surface area contributed by atoms with Gasteiger partial charge in [0.1, 0.15) is 30.3 Å². The zero-order valence-corrected chi connectivity index (χ0v) is 25.8. The van der Waals surface area contributed by atoms with E-state index < -0.39 is 5.60 Å². The Morgan fingerprint density at radius 2 is 1.45 bits per heavy atom. The molecule has 2 aromatic heterocycles. The first-order valence-electron chi connectivity index (χ1n) is 15.8. The number of hydrogen-bond donors (Lipinski definition) is 3. The number of amides is 1. The summed E-state index contributed by atoms with van der Waals surface area (Å²) >= 11 is 0. The molecule has 4 aliphatic rings. The lowest BCUT2D eigenvalue weighted by Gasteiger charge is -2.40. The van der Waals surface area contributed by atoms with Crippen LogP contribution in [0, 0.1) is 11.8 Å². The molecule has 4 fully saturated rings. The van der Waals surface area contributed by atoms with Crippen molar-refractivity contribution < 1.29 is 29.2 Å². The van der Waals surface area contributed by atoms with Crippen molar-refractivity contribution in [1.29, 1.82) is 0 Å². The van der Waals surface area contributed by atoms with Crippen LogP contribution in [0.4, 0.5) is 4.79 Å². The third-order valence-corrected chi connectivity index (χ3v) is 8.76. The first kappa shape index (κ1) is 33.9. The van der Waals surface area contributed by atoms with Crippen LogP contribution in [-0.4, -0.2) is 88.4 Å². The minimum absolute atomic E-state index is 0. The predicted octanol–water partition coefficient (Wildman–Crippen LogP) is 4.90. The van der Waals surface area contributed by atoms with Gasteiger partial charge < -0.3 is 34.6 Å². The van der Waals surface area contributed by atoms with Crippen LogP contribution in [0.1, 0.15) is 89.7 Å². The molecule has 2 aliphatic heterocycles. The largest absolute Gasteiger partial charge is 0.490 e. The Morgan fingerprint density at radius 3 is 1.89 bits per heavy atom. The van der Waals surface area contributed by atoms with Crippen LogP contribution >= 0.6 is 0 Å². The number of aliphatic hydroxyl groups is 2. The molecule has 2 saturated carbocycles. The van der Waals surface area contributed by atoms with Crippen molar-refractivity contribution >= 4 is 6.09 Å². The topological polar surface area (TPSA) is 126 Å². The average Bonchev–Trinajstić information content (AvgIpc) is 3.84. The zero-order valence-electron chi connectivity index (χ0n) is 25.8. The number of rotatable bonds is 12. The molecule has 0 bridgehead atoms. The molecule has 244 valence electrons. The highest BCUT2D eigenvalue weighted by atomic mass is 16.6. The van der Waals surface area contributed by atoms with Crippen LogP contribution in [-0.2, 0) is 4.74 Å². The van der Waals surface area contributed by atoms with E-state index in [2.05, 4.69) is 21.4 Å². The number of ether oxygens (including phenoxy) is 3. The molecule has 10 nitrogen and oxygen atoms in total. The molecule has 2 unspecified atom stereocenters. The van der Waals surface area contributed by atoms with Crippen molar-refractivity contribution in [3.63, 3.8) is 0 Å². The molecule has 2 saturated heterocycles. The van der Waals surface area contributed by atoms with E-state index in [0.29, 0.717) is 42.9 Å². The van der Waals surface area contributed by atoms with Crippen molar-refractivity contribution in [2.24, 2.45) is 11.8 Å². The number of carbonyl (C=O) groups is 1. The fourth-order valence-corrected chi connectivity index (χ4v) is 5.77. The average molecular weight is 613 g/mol. The Hall–Kier alpha value is -2.95. The van der Waals surface area contributed by atoms with Gasteiger partial charge >= 0.3 is 6.09 Å². The molecule has 4 heterocycles. The van der Waals surface area contributed by atoms with Crippen molar-refractivity contribution in [2.45, 2.75) is 96.2 Å². The van der Waals surface area contributed by atoms with E-state index >= 15 is 0 Å². The third-order valence-electron chi connectivity index (χ3n) is 8.76. The Labute approximate surface area is 262 Å². The van der Waals surface area contributed by atoms with E-state index in [-0.39, 0.29) is 32.8 Å². The summed E-state index contributed by atoms with van der Waals surface area (Å²) in [6.07, 6.45) is 13.2. The predicted molar refractivity (Wildman–Crippen MR) is 169 cm³/mol. The maximum atomic E-state index is 12.1. The van der Waals surface area contributed by atoms with Crippen molar-refractivity contribution in [3.8, 4) is 11.5 Å². The van der Waals surface area contributed by atoms with Gasteiger partial charge in [-0.25, -0.2) is 4.79 Å². The van der Waals surface area contributed by atoms with Gasteiger partial charge in [-0.05, 0) is 113 Å². The Kier molecular flexibility index (Phi) is 11.8. The van der Waals surface area contributed by atoms with E-state index in [1.807, 2.05) is 39.2 Å². The molecule has 1 amide bonds. The zero-order chi connectivity index (χ0) is 30.4. The SMILES string of the molecule is C.CC(C)(C)OC(=O)N1CC[C@H]1COc1cncc(C2C[C@H]2CCO)c1.OCC[C@@H]1CC1c1cncc(OC[C@@H]2CCN2)c1. The molecule has 2 aliphatic carbocycles. The number of aromatic nitrogens is 2. The summed E-state index contributed by atoms with van der Waals surface area (Å²) in [4.78, 5) is 22.4. The van der Waals surface area contributed by atoms with Crippen molar-refractivity contribution in [2.75, 3.05) is 39.5 Å². The first-order valence-corrected chi connectivity index (χ1v) is 15.8. The van der Waals surface area contributed by atoms with Crippen LogP contribution in [0.5, 0.6) is 11.5 Å². The maximum absolute atomic E-state index is 12.1. The highest BCUT2D eigenvalue weighted by molar-refractivity contribution is 5.69. The summed E-state index contributed by atoms with van der Waals surface area (Å²) < 4.78 is 17.0. The van der Waals surface area contributed by atoms with Crippen LogP contribution in [0.25, 0.3) is 0 Å². The summed E-state index contributed by atoms with van der Waals surface area (Å²) in [6, 6.07) is 4.71. The van der Waals surface area contributed by atoms with Gasteiger partial charge in [-0.15, -0.1) is 0 Å². The molecular weight excluding hydrogens is 560 g/mol. The lowest BCUT2D eigenvalue weighted by Crippen LogP contribution is -2.55. The molecule has 3 N–H and O–H groups in total. The second-order valence-electron chi connectivity index (χ2n) is 13.3. The van der Waals surface area contributed by atoms with E-state index in [0.717, 1.165) is 50.3 Å². The van der Waals surface area contributed by atoms with Gasteiger partial charge in [0.25, 0.3) is 0 Å². The summed E-state index contributed by atoms with van der Waals surface area (Å²) in [6.45, 7) is 9.15. The quantitative estimate of drug-likeness (QED) is 0.307. The van der Waals surface area contributed by atoms with E-state index in [4.69, 9.17) is 24.4 Å². The Bertz CT molecular complexity index is 1200. The van der Waals surface area contributed by atoms with Gasteiger partial charge in [0.05, 0.1) is 18.4 Å². The number of pyridine rings is 2. The molecule has 0 spiro atoms. The summed E-state index contributed by atoms with van der Waals surface area (Å²) in [5.41, 5.74) is 1.95. The van der Waals surface area contributed by atoms with Crippen molar-refractivity contribution in [1.82, 2.24) is 20.2 Å². The number of nitrogens with one attached hydrogen (secondary N) is 1. The second-order valence-corrected chi connectivity index (χ2v) is 13.3. The molecule has 6 rings (SSSR count). The highest BCUT2D eigenvalue weighted by Crippen LogP contribution is 2.50. The Balaban J connectivity index is 0.000000206. The highest BCUT2D eigenvalue weighted by Gasteiger charge is 2.39. The van der Waals surface area contributed by atoms with Crippen LogP contribution in [0.3, 0.4) is 0 Å². The smallest absolute Gasteiger partial charge is 0.410 e. The number of nitrogens with zero attached hydrogens (tertiary/aromatic N) is 3. The molecule has 44 heavy (non-hydrogen) atoms. The maximum Gasteiger partial charge on any atom is 0.410 e. The number of carbonyl (C=O) groups excluding carboxylic acids is 1. The standard InChI is InChI=1S/C19H28N2O4.C14H20N2O2.CH4/c1-19(2,3)25-18(23)21-6-4-15(21)12-24-16-8-14(10-20-11-16)17-9-13(17)5-7-22;17-4-2-10-6-14(10)11-5-13(8-15-7-11)18-9-12-1-3-16-12;/h8,10-11,13,15,17,22H,4-7,9,12H2,1-3H3;5,7-8,10,12,14,16-17H,1-4,6,9H2;1H4/t13-,15+,17?;10-,12+,14?;/m11./s1. The summed E-state index contributed by atoms with van der Waals surface area (Å²) in [7, 11) is 0. The van der Waals surface area contributed by atoms with Gasteiger partial charge in [0.15, 0.2) is 0 Å².